The van der Waals surface area contributed by atoms with Gasteiger partial charge in [0, 0.05) is 10.5 Å². The zero-order valence-corrected chi connectivity index (χ0v) is 11.2. The van der Waals surface area contributed by atoms with Crippen LogP contribution in [0.3, 0.4) is 0 Å². The fraction of sp³-hybridized carbons (Fsp3) is 0.125. The van der Waals surface area contributed by atoms with Gasteiger partial charge < -0.3 is 4.74 Å². The molecule has 0 unspecified atom stereocenters. The highest BCUT2D eigenvalue weighted by molar-refractivity contribution is 7.66. The zero-order chi connectivity index (χ0) is 11.5. The maximum atomic E-state index is 11.4. The SMILES string of the molecule is COC(=O)c1sccc1N=c1ssnc1Cl. The summed E-state index contributed by atoms with van der Waals surface area (Å²) in [6.07, 6.45) is 0. The second-order valence-electron chi connectivity index (χ2n) is 2.58. The molecule has 0 saturated heterocycles. The molecule has 0 aliphatic rings. The number of nitrogens with zero attached hydrogens (tertiary/aromatic N) is 2. The van der Waals surface area contributed by atoms with E-state index in [1.165, 1.54) is 39.3 Å². The fourth-order valence-corrected chi connectivity index (χ4v) is 3.70. The van der Waals surface area contributed by atoms with Crippen LogP contribution >= 0.6 is 43.8 Å². The molecule has 16 heavy (non-hydrogen) atoms. The van der Waals surface area contributed by atoms with Crippen LogP contribution in [0.25, 0.3) is 0 Å². The van der Waals surface area contributed by atoms with E-state index in [1.54, 1.807) is 11.4 Å². The van der Waals surface area contributed by atoms with Crippen LogP contribution in [0.15, 0.2) is 16.4 Å². The number of aromatic nitrogens is 1. The molecule has 0 aromatic carbocycles. The van der Waals surface area contributed by atoms with E-state index >= 15 is 0 Å². The van der Waals surface area contributed by atoms with Gasteiger partial charge in [0.05, 0.1) is 12.8 Å². The van der Waals surface area contributed by atoms with E-state index in [0.29, 0.717) is 20.4 Å². The molecule has 2 aromatic heterocycles. The number of ether oxygens (including phenoxy) is 1. The van der Waals surface area contributed by atoms with Crippen LogP contribution in [0.1, 0.15) is 9.67 Å². The van der Waals surface area contributed by atoms with Gasteiger partial charge in [-0.1, -0.05) is 11.6 Å². The molecular weight excluding hydrogens is 288 g/mol. The topological polar surface area (TPSA) is 51.5 Å². The van der Waals surface area contributed by atoms with Crippen LogP contribution in [-0.2, 0) is 4.74 Å². The van der Waals surface area contributed by atoms with Gasteiger partial charge in [-0.3, -0.25) is 0 Å². The second kappa shape index (κ2) is 5.05. The summed E-state index contributed by atoms with van der Waals surface area (Å²) >= 11 is 7.11. The van der Waals surface area contributed by atoms with Crippen molar-refractivity contribution in [1.29, 1.82) is 0 Å². The molecule has 0 saturated carbocycles. The number of hydrogen-bond acceptors (Lipinski definition) is 7. The molecular formula is C8H5ClN2O2S3. The van der Waals surface area contributed by atoms with E-state index in [2.05, 4.69) is 14.1 Å². The van der Waals surface area contributed by atoms with Crippen molar-refractivity contribution in [1.82, 2.24) is 4.37 Å². The van der Waals surface area contributed by atoms with E-state index < -0.39 is 5.97 Å². The number of carbonyl (C=O) groups is 1. The second-order valence-corrected chi connectivity index (χ2v) is 5.69. The van der Waals surface area contributed by atoms with Gasteiger partial charge in [-0.15, -0.1) is 11.3 Å². The Bertz CT molecular complexity index is 572. The number of carbonyl (C=O) groups excluding carboxylic acids is 1. The smallest absolute Gasteiger partial charge is 0.350 e. The Morgan fingerprint density at radius 2 is 2.44 bits per heavy atom. The highest BCUT2D eigenvalue weighted by Crippen LogP contribution is 2.26. The molecule has 2 rings (SSSR count). The minimum Gasteiger partial charge on any atom is -0.465 e. The Morgan fingerprint density at radius 1 is 1.62 bits per heavy atom. The number of hydrogen-bond donors (Lipinski definition) is 0. The van der Waals surface area contributed by atoms with Crippen LogP contribution in [0, 0.1) is 0 Å². The summed E-state index contributed by atoms with van der Waals surface area (Å²) in [4.78, 5) is 16.1. The number of halogens is 1. The summed E-state index contributed by atoms with van der Waals surface area (Å²) in [6, 6.07) is 1.75. The van der Waals surface area contributed by atoms with Crippen molar-refractivity contribution in [2.24, 2.45) is 4.99 Å². The molecule has 0 atom stereocenters. The van der Waals surface area contributed by atoms with Crippen molar-refractivity contribution in [3.05, 3.63) is 26.1 Å². The maximum absolute atomic E-state index is 11.4. The van der Waals surface area contributed by atoms with E-state index in [-0.39, 0.29) is 0 Å². The lowest BCUT2D eigenvalue weighted by atomic mass is 10.4. The standard InChI is InChI=1S/C8H5ClN2O2S3/c1-13-8(12)5-4(2-3-14-5)10-7-6(9)11-16-15-7/h2-3H,1H3. The van der Waals surface area contributed by atoms with Crippen LogP contribution in [-0.4, -0.2) is 17.5 Å². The first-order valence-electron chi connectivity index (χ1n) is 4.04. The van der Waals surface area contributed by atoms with Gasteiger partial charge in [-0.25, -0.2) is 9.79 Å². The minimum absolute atomic E-state index is 0.358. The Kier molecular flexibility index (Phi) is 3.70. The van der Waals surface area contributed by atoms with Crippen molar-refractivity contribution in [3.63, 3.8) is 0 Å². The van der Waals surface area contributed by atoms with Crippen LogP contribution in [0.5, 0.6) is 0 Å². The molecule has 2 aromatic rings. The average molecular weight is 293 g/mol. The lowest BCUT2D eigenvalue weighted by Crippen LogP contribution is -1.99. The number of rotatable bonds is 2. The van der Waals surface area contributed by atoms with Crippen molar-refractivity contribution < 1.29 is 9.53 Å². The Morgan fingerprint density at radius 3 is 3.06 bits per heavy atom. The van der Waals surface area contributed by atoms with Gasteiger partial charge in [0.15, 0.2) is 9.82 Å². The molecule has 8 heteroatoms. The Hall–Kier alpha value is -0.760. The predicted octanol–water partition coefficient (Wildman–Crippen LogP) is 2.94. The van der Waals surface area contributed by atoms with Crippen molar-refractivity contribution in [2.45, 2.75) is 0 Å². The molecule has 0 aliphatic carbocycles. The molecule has 0 radical (unpaired) electrons. The van der Waals surface area contributed by atoms with Crippen molar-refractivity contribution >= 4 is 55.5 Å². The molecule has 0 fully saturated rings. The predicted molar refractivity (Wildman–Crippen MR) is 65.9 cm³/mol. The highest BCUT2D eigenvalue weighted by atomic mass is 35.5. The Labute approximate surface area is 107 Å². The van der Waals surface area contributed by atoms with Gasteiger partial charge in [-0.2, -0.15) is 4.37 Å². The van der Waals surface area contributed by atoms with E-state index in [9.17, 15) is 4.79 Å². The van der Waals surface area contributed by atoms with E-state index in [0.717, 1.165) is 0 Å². The lowest BCUT2D eigenvalue weighted by Gasteiger charge is -1.95. The zero-order valence-electron chi connectivity index (χ0n) is 7.97. The van der Waals surface area contributed by atoms with Crippen molar-refractivity contribution in [2.75, 3.05) is 7.11 Å². The third kappa shape index (κ3) is 2.32. The van der Waals surface area contributed by atoms with Gasteiger partial charge in [0.2, 0.25) is 0 Å². The van der Waals surface area contributed by atoms with Gasteiger partial charge in [0.25, 0.3) is 0 Å². The number of methoxy groups -OCH3 is 1. The highest BCUT2D eigenvalue weighted by Gasteiger charge is 2.13. The molecule has 0 aliphatic heterocycles. The first-order chi connectivity index (χ1) is 7.72. The summed E-state index contributed by atoms with van der Waals surface area (Å²) in [5.74, 6) is -0.391. The van der Waals surface area contributed by atoms with Crippen LogP contribution in [0.4, 0.5) is 5.69 Å². The summed E-state index contributed by atoms with van der Waals surface area (Å²) in [5, 5.41) is 2.14. The number of thiophene rings is 1. The molecule has 84 valence electrons. The molecule has 0 bridgehead atoms. The average Bonchev–Trinajstić information content (AvgIpc) is 2.88. The molecule has 0 amide bonds. The monoisotopic (exact) mass is 292 g/mol. The Balaban J connectivity index is 2.47. The van der Waals surface area contributed by atoms with Crippen LogP contribution < -0.4 is 4.67 Å². The maximum Gasteiger partial charge on any atom is 0.350 e. The first kappa shape index (κ1) is 11.7. The summed E-state index contributed by atoms with van der Waals surface area (Å²) < 4.78 is 9.17. The molecule has 0 N–H and O–H groups in total. The van der Waals surface area contributed by atoms with Crippen LogP contribution in [0.2, 0.25) is 5.15 Å². The quantitative estimate of drug-likeness (QED) is 0.632. The van der Waals surface area contributed by atoms with E-state index in [1.807, 2.05) is 0 Å². The summed E-state index contributed by atoms with van der Waals surface area (Å²) in [6.45, 7) is 0. The lowest BCUT2D eigenvalue weighted by molar-refractivity contribution is 0.0607. The number of esters is 1. The molecule has 4 nitrogen and oxygen atoms in total. The summed E-state index contributed by atoms with van der Waals surface area (Å²) in [5.41, 5.74) is 0.565. The summed E-state index contributed by atoms with van der Waals surface area (Å²) in [7, 11) is 3.96. The minimum atomic E-state index is -0.391. The first-order valence-corrected chi connectivity index (χ1v) is 7.41. The fourth-order valence-electron chi connectivity index (χ4n) is 0.970. The third-order valence-corrected chi connectivity index (χ3v) is 4.70. The van der Waals surface area contributed by atoms with Gasteiger partial charge in [0.1, 0.15) is 4.88 Å². The van der Waals surface area contributed by atoms with E-state index in [4.69, 9.17) is 11.6 Å². The van der Waals surface area contributed by atoms with Gasteiger partial charge >= 0.3 is 5.97 Å². The molecule has 0 spiro atoms. The third-order valence-electron chi connectivity index (χ3n) is 1.65. The van der Waals surface area contributed by atoms with Crippen molar-refractivity contribution in [3.8, 4) is 0 Å². The van der Waals surface area contributed by atoms with Gasteiger partial charge in [-0.05, 0) is 21.8 Å². The largest absolute Gasteiger partial charge is 0.465 e. The normalized spacial score (nSPS) is 11.8. The molecule has 2 heterocycles.